The molecular weight excluding hydrogens is 260 g/mol. The Morgan fingerprint density at radius 3 is 2.52 bits per heavy atom. The highest BCUT2D eigenvalue weighted by Gasteiger charge is 2.11. The van der Waals surface area contributed by atoms with Gasteiger partial charge in [0.1, 0.15) is 0 Å². The van der Waals surface area contributed by atoms with Crippen molar-refractivity contribution in [1.29, 1.82) is 0 Å². The van der Waals surface area contributed by atoms with Crippen LogP contribution in [-0.2, 0) is 27.2 Å². The monoisotopic (exact) mass is 282 g/mol. The lowest BCUT2D eigenvalue weighted by atomic mass is 10.1. The fourth-order valence-corrected chi connectivity index (χ4v) is 3.02. The third-order valence-corrected chi connectivity index (χ3v) is 4.23. The quantitative estimate of drug-likeness (QED) is 0.798. The highest BCUT2D eigenvalue weighted by atomic mass is 15.2. The lowest BCUT2D eigenvalue weighted by molar-refractivity contribution is 0.654. The van der Waals surface area contributed by atoms with Crippen molar-refractivity contribution in [1.82, 2.24) is 19.7 Å². The third-order valence-electron chi connectivity index (χ3n) is 4.23. The minimum absolute atomic E-state index is 0.848. The van der Waals surface area contributed by atoms with Crippen molar-refractivity contribution in [2.24, 2.45) is 14.1 Å². The van der Waals surface area contributed by atoms with E-state index in [0.29, 0.717) is 0 Å². The van der Waals surface area contributed by atoms with Gasteiger partial charge >= 0.3 is 0 Å². The van der Waals surface area contributed by atoms with Crippen LogP contribution >= 0.6 is 0 Å². The van der Waals surface area contributed by atoms with E-state index in [4.69, 9.17) is 0 Å². The topological polar surface area (TPSA) is 34.8 Å². The Labute approximate surface area is 125 Å². The second-order valence-electron chi connectivity index (χ2n) is 5.66. The Morgan fingerprint density at radius 2 is 1.86 bits per heavy atom. The molecule has 4 heteroatoms. The molecule has 1 aromatic carbocycles. The number of nitrogens with zero attached hydrogens (tertiary/aromatic N) is 3. The van der Waals surface area contributed by atoms with Gasteiger partial charge in [-0.2, -0.15) is 5.10 Å². The van der Waals surface area contributed by atoms with Crippen LogP contribution in [0.4, 0.5) is 0 Å². The fraction of sp³-hybridized carbons (Fsp3) is 0.353. The van der Waals surface area contributed by atoms with E-state index in [9.17, 15) is 0 Å². The van der Waals surface area contributed by atoms with Crippen LogP contribution in [0.3, 0.4) is 0 Å². The van der Waals surface area contributed by atoms with Crippen LogP contribution in [0.1, 0.15) is 22.5 Å². The van der Waals surface area contributed by atoms with Crippen molar-refractivity contribution in [3.8, 4) is 0 Å². The molecule has 0 unspecified atom stereocenters. The summed E-state index contributed by atoms with van der Waals surface area (Å²) >= 11 is 0. The first-order valence-corrected chi connectivity index (χ1v) is 7.30. The van der Waals surface area contributed by atoms with Crippen LogP contribution in [0.25, 0.3) is 10.9 Å². The Morgan fingerprint density at radius 1 is 1.10 bits per heavy atom. The van der Waals surface area contributed by atoms with Gasteiger partial charge in [0.25, 0.3) is 0 Å². The molecule has 0 saturated heterocycles. The molecule has 2 aromatic heterocycles. The Bertz CT molecular complexity index is 741. The summed E-state index contributed by atoms with van der Waals surface area (Å²) in [5.74, 6) is 0. The lowest BCUT2D eigenvalue weighted by Gasteiger charge is -2.07. The molecule has 0 atom stereocenters. The standard InChI is InChI=1S/C17H22N4/c1-12-15-7-5-6-8-16(15)21(4)17(12)10-18-9-14-11-20(3)19-13(14)2/h5-8,11,18H,9-10H2,1-4H3. The highest BCUT2D eigenvalue weighted by molar-refractivity contribution is 5.85. The normalized spacial score (nSPS) is 11.4. The predicted octanol–water partition coefficient (Wildman–Crippen LogP) is 2.82. The van der Waals surface area contributed by atoms with Gasteiger partial charge in [0.2, 0.25) is 0 Å². The zero-order chi connectivity index (χ0) is 15.0. The summed E-state index contributed by atoms with van der Waals surface area (Å²) in [6, 6.07) is 8.57. The molecule has 0 aliphatic carbocycles. The van der Waals surface area contributed by atoms with Gasteiger partial charge in [-0.3, -0.25) is 4.68 Å². The van der Waals surface area contributed by atoms with E-state index < -0.39 is 0 Å². The average molecular weight is 282 g/mol. The zero-order valence-corrected chi connectivity index (χ0v) is 13.1. The number of fused-ring (bicyclic) bond motifs is 1. The van der Waals surface area contributed by atoms with Crippen molar-refractivity contribution in [2.45, 2.75) is 26.9 Å². The molecule has 0 saturated carbocycles. The number of para-hydroxylation sites is 1. The van der Waals surface area contributed by atoms with E-state index in [1.165, 1.54) is 27.7 Å². The van der Waals surface area contributed by atoms with Crippen molar-refractivity contribution in [3.63, 3.8) is 0 Å². The van der Waals surface area contributed by atoms with Gasteiger partial charge in [0.15, 0.2) is 0 Å². The Hall–Kier alpha value is -2.07. The van der Waals surface area contributed by atoms with E-state index in [0.717, 1.165) is 18.8 Å². The summed E-state index contributed by atoms with van der Waals surface area (Å²) < 4.78 is 4.15. The zero-order valence-electron chi connectivity index (χ0n) is 13.1. The summed E-state index contributed by atoms with van der Waals surface area (Å²) in [6.07, 6.45) is 2.08. The van der Waals surface area contributed by atoms with Crippen LogP contribution in [0.2, 0.25) is 0 Å². The van der Waals surface area contributed by atoms with Gasteiger partial charge in [-0.25, -0.2) is 0 Å². The van der Waals surface area contributed by atoms with Crippen LogP contribution < -0.4 is 5.32 Å². The molecule has 0 spiro atoms. The molecule has 4 nitrogen and oxygen atoms in total. The first-order valence-electron chi connectivity index (χ1n) is 7.30. The SMILES string of the molecule is Cc1nn(C)cc1CNCc1c(C)c2ccccc2n1C. The van der Waals surface area contributed by atoms with Gasteiger partial charge < -0.3 is 9.88 Å². The van der Waals surface area contributed by atoms with Crippen molar-refractivity contribution in [2.75, 3.05) is 0 Å². The largest absolute Gasteiger partial charge is 0.346 e. The molecule has 2 heterocycles. The average Bonchev–Trinajstić information content (AvgIpc) is 2.91. The number of aryl methyl sites for hydroxylation is 4. The maximum atomic E-state index is 4.38. The lowest BCUT2D eigenvalue weighted by Crippen LogP contribution is -2.16. The number of hydrogen-bond donors (Lipinski definition) is 1. The number of aromatic nitrogens is 3. The molecule has 21 heavy (non-hydrogen) atoms. The van der Waals surface area contributed by atoms with Crippen LogP contribution in [-0.4, -0.2) is 14.3 Å². The van der Waals surface area contributed by atoms with Gasteiger partial charge in [-0.15, -0.1) is 0 Å². The molecule has 3 aromatic rings. The summed E-state index contributed by atoms with van der Waals surface area (Å²) in [6.45, 7) is 5.97. The van der Waals surface area contributed by atoms with E-state index in [-0.39, 0.29) is 0 Å². The van der Waals surface area contributed by atoms with Gasteiger partial charge in [0.05, 0.1) is 5.69 Å². The predicted molar refractivity (Wildman–Crippen MR) is 86.1 cm³/mol. The Balaban J connectivity index is 1.78. The first-order chi connectivity index (χ1) is 10.1. The highest BCUT2D eigenvalue weighted by Crippen LogP contribution is 2.24. The molecule has 110 valence electrons. The number of hydrogen-bond acceptors (Lipinski definition) is 2. The first kappa shape index (κ1) is 13.9. The van der Waals surface area contributed by atoms with Crippen molar-refractivity contribution in [3.05, 3.63) is 53.0 Å². The van der Waals surface area contributed by atoms with Crippen molar-refractivity contribution < 1.29 is 0 Å². The molecule has 0 fully saturated rings. The van der Waals surface area contributed by atoms with E-state index in [2.05, 4.69) is 66.3 Å². The molecular formula is C17H22N4. The molecule has 3 rings (SSSR count). The fourth-order valence-electron chi connectivity index (χ4n) is 3.02. The van der Waals surface area contributed by atoms with Gasteiger partial charge in [0, 0.05) is 55.5 Å². The van der Waals surface area contributed by atoms with Gasteiger partial charge in [-0.1, -0.05) is 18.2 Å². The summed E-state index contributed by atoms with van der Waals surface area (Å²) in [5, 5.41) is 9.26. The second kappa shape index (κ2) is 5.37. The number of nitrogens with one attached hydrogen (secondary N) is 1. The minimum atomic E-state index is 0.848. The second-order valence-corrected chi connectivity index (χ2v) is 5.66. The van der Waals surface area contributed by atoms with E-state index in [1.54, 1.807) is 0 Å². The summed E-state index contributed by atoms with van der Waals surface area (Å²) in [5.41, 5.74) is 6.36. The number of benzene rings is 1. The molecule has 0 amide bonds. The third kappa shape index (κ3) is 2.47. The van der Waals surface area contributed by atoms with Crippen LogP contribution in [0, 0.1) is 13.8 Å². The minimum Gasteiger partial charge on any atom is -0.346 e. The van der Waals surface area contributed by atoms with E-state index in [1.807, 2.05) is 11.7 Å². The summed E-state index contributed by atoms with van der Waals surface area (Å²) in [7, 11) is 4.10. The summed E-state index contributed by atoms with van der Waals surface area (Å²) in [4.78, 5) is 0. The number of rotatable bonds is 4. The molecule has 0 aliphatic rings. The molecule has 1 N–H and O–H groups in total. The Kier molecular flexibility index (Phi) is 3.55. The van der Waals surface area contributed by atoms with Gasteiger partial charge in [-0.05, 0) is 25.5 Å². The maximum absolute atomic E-state index is 4.38. The van der Waals surface area contributed by atoms with E-state index >= 15 is 0 Å². The van der Waals surface area contributed by atoms with Crippen LogP contribution in [0.5, 0.6) is 0 Å². The molecule has 0 bridgehead atoms. The molecule has 0 aliphatic heterocycles. The van der Waals surface area contributed by atoms with Crippen LogP contribution in [0.15, 0.2) is 30.5 Å². The smallest absolute Gasteiger partial charge is 0.0638 e. The molecule has 0 radical (unpaired) electrons. The van der Waals surface area contributed by atoms with Crippen molar-refractivity contribution >= 4 is 10.9 Å². The maximum Gasteiger partial charge on any atom is 0.0638 e.